The van der Waals surface area contributed by atoms with E-state index in [-0.39, 0.29) is 11.4 Å². The van der Waals surface area contributed by atoms with Crippen molar-refractivity contribution in [3.8, 4) is 0 Å². The van der Waals surface area contributed by atoms with Crippen LogP contribution in [0.2, 0.25) is 0 Å². The van der Waals surface area contributed by atoms with E-state index in [1.165, 1.54) is 48.8 Å². The number of nitrogens with zero attached hydrogens (tertiary/aromatic N) is 4. The highest BCUT2D eigenvalue weighted by Gasteiger charge is 2.58. The SMILES string of the molecule is O=C(N/N=C/c1cccc([N+](=O)[O-])c1)C1C(c2ccccc2)C(C(=O)N/N=C/c2cccc([N+](=O)[O-])c2)C1c1ccccc1. The Hall–Kier alpha value is -6.04. The van der Waals surface area contributed by atoms with Crippen LogP contribution in [0.1, 0.15) is 34.1 Å². The number of carbonyl (C=O) groups excluding carboxylic acids is 2. The summed E-state index contributed by atoms with van der Waals surface area (Å²) in [5, 5.41) is 30.3. The number of carbonyl (C=O) groups is 2. The fourth-order valence-corrected chi connectivity index (χ4v) is 5.51. The lowest BCUT2D eigenvalue weighted by atomic mass is 9.52. The zero-order valence-corrected chi connectivity index (χ0v) is 23.1. The van der Waals surface area contributed by atoms with Gasteiger partial charge in [-0.2, -0.15) is 10.2 Å². The monoisotopic (exact) mass is 590 g/mol. The van der Waals surface area contributed by atoms with Gasteiger partial charge in [0.1, 0.15) is 0 Å². The van der Waals surface area contributed by atoms with E-state index >= 15 is 0 Å². The third-order valence-electron chi connectivity index (χ3n) is 7.46. The summed E-state index contributed by atoms with van der Waals surface area (Å²) in [5.74, 6) is -3.25. The molecule has 0 heterocycles. The molecule has 1 aliphatic carbocycles. The van der Waals surface area contributed by atoms with Crippen molar-refractivity contribution in [2.45, 2.75) is 11.8 Å². The Morgan fingerprint density at radius 2 is 0.977 bits per heavy atom. The molecule has 0 unspecified atom stereocenters. The van der Waals surface area contributed by atoms with Crippen molar-refractivity contribution in [2.75, 3.05) is 0 Å². The first kappa shape index (κ1) is 29.5. The quantitative estimate of drug-likeness (QED) is 0.151. The van der Waals surface area contributed by atoms with Gasteiger partial charge in [0.15, 0.2) is 0 Å². The molecule has 1 aliphatic rings. The first-order valence-corrected chi connectivity index (χ1v) is 13.6. The molecule has 0 aliphatic heterocycles. The molecule has 2 N–H and O–H groups in total. The van der Waals surface area contributed by atoms with Crippen LogP contribution in [0.15, 0.2) is 119 Å². The summed E-state index contributed by atoms with van der Waals surface area (Å²) < 4.78 is 0. The minimum Gasteiger partial charge on any atom is -0.273 e. The van der Waals surface area contributed by atoms with Crippen molar-refractivity contribution >= 4 is 35.6 Å². The van der Waals surface area contributed by atoms with E-state index in [2.05, 4.69) is 21.1 Å². The normalized spacial score (nSPS) is 19.3. The van der Waals surface area contributed by atoms with E-state index in [1.807, 2.05) is 60.7 Å². The molecule has 220 valence electrons. The second-order valence-electron chi connectivity index (χ2n) is 10.1. The zero-order valence-electron chi connectivity index (χ0n) is 23.1. The number of nitrogens with one attached hydrogen (secondary N) is 2. The van der Waals surface area contributed by atoms with Crippen LogP contribution in [0.5, 0.6) is 0 Å². The third-order valence-corrected chi connectivity index (χ3v) is 7.46. The van der Waals surface area contributed by atoms with E-state index in [4.69, 9.17) is 0 Å². The summed E-state index contributed by atoms with van der Waals surface area (Å²) in [5.41, 5.74) is 7.36. The molecule has 0 radical (unpaired) electrons. The lowest BCUT2D eigenvalue weighted by Gasteiger charge is -2.50. The highest BCUT2D eigenvalue weighted by atomic mass is 16.6. The van der Waals surface area contributed by atoms with Gasteiger partial charge in [0.05, 0.1) is 34.1 Å². The van der Waals surface area contributed by atoms with Gasteiger partial charge in [0, 0.05) is 47.2 Å². The summed E-state index contributed by atoms with van der Waals surface area (Å²) >= 11 is 0. The molecule has 0 saturated heterocycles. The number of non-ortho nitro benzene ring substituents is 2. The molecule has 1 saturated carbocycles. The van der Waals surface area contributed by atoms with E-state index in [0.29, 0.717) is 11.1 Å². The summed E-state index contributed by atoms with van der Waals surface area (Å²) in [4.78, 5) is 48.5. The molecule has 4 aromatic rings. The highest BCUT2D eigenvalue weighted by Crippen LogP contribution is 2.57. The van der Waals surface area contributed by atoms with Crippen molar-refractivity contribution in [1.29, 1.82) is 0 Å². The smallest absolute Gasteiger partial charge is 0.270 e. The molecule has 5 rings (SSSR count). The van der Waals surface area contributed by atoms with E-state index in [9.17, 15) is 29.8 Å². The van der Waals surface area contributed by atoms with Crippen molar-refractivity contribution in [3.05, 3.63) is 152 Å². The first-order valence-electron chi connectivity index (χ1n) is 13.6. The van der Waals surface area contributed by atoms with Crippen molar-refractivity contribution < 1.29 is 19.4 Å². The lowest BCUT2D eigenvalue weighted by molar-refractivity contribution is -0.385. The van der Waals surface area contributed by atoms with Crippen LogP contribution in [0, 0.1) is 32.1 Å². The second kappa shape index (κ2) is 13.3. The summed E-state index contributed by atoms with van der Waals surface area (Å²) in [6, 6.07) is 30.1. The minimum atomic E-state index is -0.682. The molecule has 12 nitrogen and oxygen atoms in total. The Bertz CT molecular complexity index is 1610. The maximum atomic E-state index is 13.7. The summed E-state index contributed by atoms with van der Waals surface area (Å²) in [7, 11) is 0. The van der Waals surface area contributed by atoms with Crippen LogP contribution < -0.4 is 10.9 Å². The number of amides is 2. The Morgan fingerprint density at radius 3 is 1.34 bits per heavy atom. The fraction of sp³-hybridized carbons (Fsp3) is 0.125. The topological polar surface area (TPSA) is 169 Å². The van der Waals surface area contributed by atoms with E-state index in [0.717, 1.165) is 11.1 Å². The van der Waals surface area contributed by atoms with Crippen molar-refractivity contribution in [2.24, 2.45) is 22.0 Å². The number of benzene rings is 4. The van der Waals surface area contributed by atoms with Gasteiger partial charge in [-0.15, -0.1) is 0 Å². The van der Waals surface area contributed by atoms with Gasteiger partial charge in [-0.25, -0.2) is 10.9 Å². The molecule has 0 bridgehead atoms. The molecule has 0 atom stereocenters. The van der Waals surface area contributed by atoms with Crippen LogP contribution in [0.3, 0.4) is 0 Å². The van der Waals surface area contributed by atoms with Gasteiger partial charge in [-0.3, -0.25) is 29.8 Å². The number of hydrogen-bond acceptors (Lipinski definition) is 8. The van der Waals surface area contributed by atoms with Crippen LogP contribution in [0.4, 0.5) is 11.4 Å². The number of nitro benzene ring substituents is 2. The average molecular weight is 591 g/mol. The maximum Gasteiger partial charge on any atom is 0.270 e. The van der Waals surface area contributed by atoms with E-state index < -0.39 is 45.3 Å². The minimum absolute atomic E-state index is 0.102. The largest absolute Gasteiger partial charge is 0.273 e. The molecule has 12 heteroatoms. The fourth-order valence-electron chi connectivity index (χ4n) is 5.51. The van der Waals surface area contributed by atoms with Crippen LogP contribution in [0.25, 0.3) is 0 Å². The van der Waals surface area contributed by atoms with Crippen LogP contribution in [-0.4, -0.2) is 34.1 Å². The molecular formula is C32H26N6O6. The van der Waals surface area contributed by atoms with E-state index in [1.54, 1.807) is 12.1 Å². The van der Waals surface area contributed by atoms with Gasteiger partial charge >= 0.3 is 0 Å². The molecular weight excluding hydrogens is 564 g/mol. The molecule has 2 amide bonds. The van der Waals surface area contributed by atoms with Crippen molar-refractivity contribution in [1.82, 2.24) is 10.9 Å². The third kappa shape index (κ3) is 6.54. The maximum absolute atomic E-state index is 13.7. The van der Waals surface area contributed by atoms with Crippen LogP contribution >= 0.6 is 0 Å². The van der Waals surface area contributed by atoms with Gasteiger partial charge in [-0.05, 0) is 11.1 Å². The summed E-state index contributed by atoms with van der Waals surface area (Å²) in [6.07, 6.45) is 2.65. The summed E-state index contributed by atoms with van der Waals surface area (Å²) in [6.45, 7) is 0. The number of hydrazone groups is 2. The Balaban J connectivity index is 1.41. The Kier molecular flexibility index (Phi) is 8.90. The highest BCUT2D eigenvalue weighted by molar-refractivity contribution is 5.91. The number of rotatable bonds is 10. The van der Waals surface area contributed by atoms with Gasteiger partial charge in [-0.1, -0.05) is 84.9 Å². The number of nitro groups is 2. The average Bonchev–Trinajstić information content (AvgIpc) is 3.02. The molecule has 4 aromatic carbocycles. The Labute approximate surface area is 251 Å². The first-order chi connectivity index (χ1) is 21.3. The van der Waals surface area contributed by atoms with Gasteiger partial charge in [0.2, 0.25) is 11.8 Å². The zero-order chi connectivity index (χ0) is 31.1. The molecule has 0 spiro atoms. The van der Waals surface area contributed by atoms with Gasteiger partial charge < -0.3 is 0 Å². The predicted octanol–water partition coefficient (Wildman–Crippen LogP) is 4.92. The van der Waals surface area contributed by atoms with Gasteiger partial charge in [0.25, 0.3) is 11.4 Å². The number of hydrogen-bond donors (Lipinski definition) is 2. The van der Waals surface area contributed by atoms with Crippen LogP contribution in [-0.2, 0) is 9.59 Å². The Morgan fingerprint density at radius 1 is 0.591 bits per heavy atom. The second-order valence-corrected chi connectivity index (χ2v) is 10.1. The molecule has 0 aromatic heterocycles. The standard InChI is InChI=1S/C32H26N6O6/c39-31(35-33-19-21-9-7-15-25(17-21)37(41)42)29-27(23-11-3-1-4-12-23)30(28(29)24-13-5-2-6-14-24)32(40)36-34-20-22-10-8-16-26(18-22)38(43)44/h1-20,27-30H,(H,35,39)(H,36,40)/b33-19+,34-20+. The lowest BCUT2D eigenvalue weighted by Crippen LogP contribution is -2.55. The molecule has 1 fully saturated rings. The van der Waals surface area contributed by atoms with Crippen molar-refractivity contribution in [3.63, 3.8) is 0 Å². The predicted molar refractivity (Wildman–Crippen MR) is 163 cm³/mol. The molecule has 44 heavy (non-hydrogen) atoms.